The summed E-state index contributed by atoms with van der Waals surface area (Å²) < 4.78 is 33.2. The number of hydrogen-bond donors (Lipinski definition) is 1. The molecule has 0 radical (unpaired) electrons. The number of morpholine rings is 1. The maximum Gasteiger partial charge on any atom is 0.323 e. The number of aromatic nitrogens is 3. The molecule has 5 rings (SSSR count). The summed E-state index contributed by atoms with van der Waals surface area (Å²) in [4.78, 5) is 28.9. The van der Waals surface area contributed by atoms with Crippen molar-refractivity contribution in [2.45, 2.75) is 10.9 Å². The Labute approximate surface area is 196 Å². The van der Waals surface area contributed by atoms with Gasteiger partial charge in [-0.2, -0.15) is 4.31 Å². The molecule has 0 saturated carbocycles. The summed E-state index contributed by atoms with van der Waals surface area (Å²) in [6.07, 6.45) is 4.76. The standard InChI is InChI=1S/C22H24N6O5S/c29-22(30)20-15-27(21-14-24-19-13-23-6-5-18(19)25-21)7-8-28(20)34(31,32)17-3-1-16(2-4-17)26-9-11-33-12-10-26/h1-6,13-14,20H,7-12,15H2,(H,29,30)/t20-/m1/s1. The van der Waals surface area contributed by atoms with Crippen molar-refractivity contribution >= 4 is 38.5 Å². The summed E-state index contributed by atoms with van der Waals surface area (Å²) in [7, 11) is -4.01. The molecule has 12 heteroatoms. The van der Waals surface area contributed by atoms with Crippen LogP contribution in [0.25, 0.3) is 11.0 Å². The average Bonchev–Trinajstić information content (AvgIpc) is 2.88. The number of nitrogens with zero attached hydrogens (tertiary/aromatic N) is 6. The lowest BCUT2D eigenvalue weighted by atomic mass is 10.2. The van der Waals surface area contributed by atoms with Crippen molar-refractivity contribution in [3.05, 3.63) is 48.9 Å². The van der Waals surface area contributed by atoms with Gasteiger partial charge in [0.25, 0.3) is 0 Å². The van der Waals surface area contributed by atoms with E-state index in [1.807, 2.05) is 0 Å². The van der Waals surface area contributed by atoms with E-state index in [4.69, 9.17) is 4.74 Å². The van der Waals surface area contributed by atoms with E-state index < -0.39 is 22.0 Å². The Bertz CT molecular complexity index is 1300. The summed E-state index contributed by atoms with van der Waals surface area (Å²) in [5, 5.41) is 9.87. The van der Waals surface area contributed by atoms with Crippen molar-refractivity contribution in [3.8, 4) is 0 Å². The first-order valence-electron chi connectivity index (χ1n) is 10.9. The Morgan fingerprint density at radius 3 is 2.47 bits per heavy atom. The van der Waals surface area contributed by atoms with Crippen LogP contribution >= 0.6 is 0 Å². The maximum absolute atomic E-state index is 13.4. The van der Waals surface area contributed by atoms with Crippen LogP contribution in [-0.4, -0.2) is 90.7 Å². The predicted octanol–water partition coefficient (Wildman–Crippen LogP) is 0.826. The highest BCUT2D eigenvalue weighted by atomic mass is 32.2. The first kappa shape index (κ1) is 22.4. The third-order valence-corrected chi connectivity index (χ3v) is 8.01. The molecule has 11 nitrogen and oxygen atoms in total. The minimum absolute atomic E-state index is 0.0145. The zero-order chi connectivity index (χ0) is 23.7. The van der Waals surface area contributed by atoms with Gasteiger partial charge in [-0.25, -0.2) is 18.4 Å². The van der Waals surface area contributed by atoms with E-state index in [0.717, 1.165) is 23.1 Å². The van der Waals surface area contributed by atoms with Crippen LogP contribution in [0.15, 0.2) is 53.8 Å². The normalized spacial score (nSPS) is 19.9. The molecule has 3 aromatic rings. The molecular weight excluding hydrogens is 460 g/mol. The van der Waals surface area contributed by atoms with Crippen LogP contribution in [0.2, 0.25) is 0 Å². The third-order valence-electron chi connectivity index (χ3n) is 6.09. The van der Waals surface area contributed by atoms with Gasteiger partial charge in [-0.05, 0) is 30.3 Å². The van der Waals surface area contributed by atoms with Crippen LogP contribution in [0, 0.1) is 0 Å². The number of benzene rings is 1. The number of hydrogen-bond acceptors (Lipinski definition) is 9. The molecule has 2 fully saturated rings. The second-order valence-electron chi connectivity index (χ2n) is 8.10. The van der Waals surface area contributed by atoms with Gasteiger partial charge in [-0.1, -0.05) is 0 Å². The van der Waals surface area contributed by atoms with Crippen LogP contribution < -0.4 is 9.80 Å². The number of sulfonamides is 1. The van der Waals surface area contributed by atoms with Crippen molar-refractivity contribution in [3.63, 3.8) is 0 Å². The van der Waals surface area contributed by atoms with Gasteiger partial charge in [0.15, 0.2) is 0 Å². The molecule has 0 amide bonds. The smallest absolute Gasteiger partial charge is 0.323 e. The van der Waals surface area contributed by atoms with Gasteiger partial charge in [0.2, 0.25) is 10.0 Å². The topological polar surface area (TPSA) is 129 Å². The first-order chi connectivity index (χ1) is 16.4. The number of rotatable bonds is 5. The molecule has 34 heavy (non-hydrogen) atoms. The van der Waals surface area contributed by atoms with Gasteiger partial charge in [0.05, 0.1) is 36.0 Å². The summed E-state index contributed by atoms with van der Waals surface area (Å²) in [6, 6.07) is 7.05. The lowest BCUT2D eigenvalue weighted by Gasteiger charge is -2.38. The van der Waals surface area contributed by atoms with Gasteiger partial charge < -0.3 is 19.6 Å². The van der Waals surface area contributed by atoms with E-state index in [1.54, 1.807) is 41.7 Å². The minimum Gasteiger partial charge on any atom is -0.480 e. The Kier molecular flexibility index (Phi) is 6.02. The molecular formula is C22H24N6O5S. The number of aliphatic carboxylic acids is 1. The Balaban J connectivity index is 1.37. The fraction of sp³-hybridized carbons (Fsp3) is 0.364. The van der Waals surface area contributed by atoms with Crippen molar-refractivity contribution < 1.29 is 23.1 Å². The highest BCUT2D eigenvalue weighted by Crippen LogP contribution is 2.26. The highest BCUT2D eigenvalue weighted by Gasteiger charge is 2.40. The minimum atomic E-state index is -4.01. The van der Waals surface area contributed by atoms with Gasteiger partial charge in [0, 0.05) is 44.6 Å². The first-order valence-corrected chi connectivity index (χ1v) is 12.4. The highest BCUT2D eigenvalue weighted by molar-refractivity contribution is 7.89. The molecule has 0 spiro atoms. The van der Waals surface area contributed by atoms with E-state index >= 15 is 0 Å². The van der Waals surface area contributed by atoms with E-state index in [9.17, 15) is 18.3 Å². The number of fused-ring (bicyclic) bond motifs is 1. The summed E-state index contributed by atoms with van der Waals surface area (Å²) >= 11 is 0. The van der Waals surface area contributed by atoms with Crippen molar-refractivity contribution in [1.82, 2.24) is 19.3 Å². The second kappa shape index (κ2) is 9.12. The summed E-state index contributed by atoms with van der Waals surface area (Å²) in [6.45, 7) is 3.01. The largest absolute Gasteiger partial charge is 0.480 e. The van der Waals surface area contributed by atoms with Gasteiger partial charge in [-0.3, -0.25) is 9.78 Å². The Morgan fingerprint density at radius 2 is 1.74 bits per heavy atom. The number of piperazine rings is 1. The van der Waals surface area contributed by atoms with Crippen LogP contribution in [-0.2, 0) is 19.6 Å². The monoisotopic (exact) mass is 484 g/mol. The quantitative estimate of drug-likeness (QED) is 0.556. The molecule has 0 unspecified atom stereocenters. The van der Waals surface area contributed by atoms with E-state index in [2.05, 4.69) is 19.9 Å². The van der Waals surface area contributed by atoms with Crippen LogP contribution in [0.5, 0.6) is 0 Å². The summed E-state index contributed by atoms with van der Waals surface area (Å²) in [5.41, 5.74) is 2.17. The number of pyridine rings is 1. The molecule has 4 heterocycles. The number of carboxylic acids is 1. The zero-order valence-corrected chi connectivity index (χ0v) is 19.1. The van der Waals surface area contributed by atoms with Gasteiger partial charge in [0.1, 0.15) is 17.4 Å². The number of anilines is 2. The molecule has 2 aliphatic heterocycles. The molecule has 2 saturated heterocycles. The molecule has 1 aromatic carbocycles. The molecule has 2 aliphatic rings. The number of carboxylic acid groups (broad SMARTS) is 1. The molecule has 1 atom stereocenters. The van der Waals surface area contributed by atoms with Crippen molar-refractivity contribution in [2.75, 3.05) is 55.7 Å². The molecule has 1 N–H and O–H groups in total. The van der Waals surface area contributed by atoms with Crippen LogP contribution in [0.3, 0.4) is 0 Å². The average molecular weight is 485 g/mol. The predicted molar refractivity (Wildman–Crippen MR) is 124 cm³/mol. The number of carbonyl (C=O) groups is 1. The SMILES string of the molecule is O=C(O)[C@H]1CN(c2cnc3cnccc3n2)CCN1S(=O)(=O)c1ccc(N2CCOCC2)cc1. The van der Waals surface area contributed by atoms with Crippen molar-refractivity contribution in [1.29, 1.82) is 0 Å². The zero-order valence-electron chi connectivity index (χ0n) is 18.3. The summed E-state index contributed by atoms with van der Waals surface area (Å²) in [5.74, 6) is -0.715. The second-order valence-corrected chi connectivity index (χ2v) is 9.99. The molecule has 0 aliphatic carbocycles. The van der Waals surface area contributed by atoms with Gasteiger partial charge >= 0.3 is 5.97 Å². The lowest BCUT2D eigenvalue weighted by Crippen LogP contribution is -2.58. The lowest BCUT2D eigenvalue weighted by molar-refractivity contribution is -0.141. The molecule has 0 bridgehead atoms. The van der Waals surface area contributed by atoms with E-state index in [0.29, 0.717) is 36.6 Å². The Hall–Kier alpha value is -3.35. The van der Waals surface area contributed by atoms with Crippen molar-refractivity contribution in [2.24, 2.45) is 0 Å². The van der Waals surface area contributed by atoms with Crippen LogP contribution in [0.4, 0.5) is 11.5 Å². The number of ether oxygens (including phenoxy) is 1. The van der Waals surface area contributed by atoms with E-state index in [-0.39, 0.29) is 18.0 Å². The van der Waals surface area contributed by atoms with E-state index in [1.165, 1.54) is 12.1 Å². The van der Waals surface area contributed by atoms with Gasteiger partial charge in [-0.15, -0.1) is 0 Å². The fourth-order valence-corrected chi connectivity index (χ4v) is 5.82. The third kappa shape index (κ3) is 4.27. The van der Waals surface area contributed by atoms with Crippen LogP contribution in [0.1, 0.15) is 0 Å². The maximum atomic E-state index is 13.4. The Morgan fingerprint density at radius 1 is 0.971 bits per heavy atom. The fourth-order valence-electron chi connectivity index (χ4n) is 4.25. The molecule has 178 valence electrons. The molecule has 2 aromatic heterocycles.